The summed E-state index contributed by atoms with van der Waals surface area (Å²) in [5, 5.41) is 3.78. The van der Waals surface area contributed by atoms with Crippen molar-refractivity contribution in [3.8, 4) is 0 Å². The number of anilines is 1. The van der Waals surface area contributed by atoms with Crippen molar-refractivity contribution in [3.63, 3.8) is 0 Å². The van der Waals surface area contributed by atoms with Gasteiger partial charge in [-0.05, 0) is 82.9 Å². The first-order chi connectivity index (χ1) is 17.0. The van der Waals surface area contributed by atoms with Crippen LogP contribution in [0.5, 0.6) is 0 Å². The highest BCUT2D eigenvalue weighted by atomic mass is 35.5. The van der Waals surface area contributed by atoms with Crippen molar-refractivity contribution in [2.24, 2.45) is 0 Å². The van der Waals surface area contributed by atoms with Gasteiger partial charge in [0, 0.05) is 35.1 Å². The fourth-order valence-corrected chi connectivity index (χ4v) is 5.36. The van der Waals surface area contributed by atoms with Crippen LogP contribution in [-0.4, -0.2) is 49.5 Å². The predicted molar refractivity (Wildman–Crippen MR) is 152 cm³/mol. The third-order valence-corrected chi connectivity index (χ3v) is 7.79. The van der Waals surface area contributed by atoms with Gasteiger partial charge in [0.2, 0.25) is 21.8 Å². The molecule has 2 amide bonds. The van der Waals surface area contributed by atoms with Crippen LogP contribution < -0.4 is 9.62 Å². The second-order valence-corrected chi connectivity index (χ2v) is 13.1. The van der Waals surface area contributed by atoms with Crippen molar-refractivity contribution in [3.05, 3.63) is 63.1 Å². The summed E-state index contributed by atoms with van der Waals surface area (Å²) in [6, 6.07) is 9.73. The number of aryl methyl sites for hydroxylation is 1. The molecule has 37 heavy (non-hydrogen) atoms. The fraction of sp³-hybridized carbons (Fsp3) is 0.481. The van der Waals surface area contributed by atoms with Gasteiger partial charge in [0.15, 0.2) is 0 Å². The van der Waals surface area contributed by atoms with E-state index in [1.165, 1.54) is 9.21 Å². The van der Waals surface area contributed by atoms with Gasteiger partial charge >= 0.3 is 0 Å². The third-order valence-electron chi connectivity index (χ3n) is 6.02. The Morgan fingerprint density at radius 1 is 1.08 bits per heavy atom. The molecule has 2 aromatic rings. The number of rotatable bonds is 10. The summed E-state index contributed by atoms with van der Waals surface area (Å²) in [4.78, 5) is 27.9. The number of hydrogen-bond acceptors (Lipinski definition) is 4. The molecule has 0 saturated heterocycles. The van der Waals surface area contributed by atoms with Crippen molar-refractivity contribution >= 4 is 50.7 Å². The molecule has 1 atom stereocenters. The molecule has 1 N–H and O–H groups in total. The first kappa shape index (κ1) is 30.9. The van der Waals surface area contributed by atoms with Gasteiger partial charge in [-0.15, -0.1) is 0 Å². The van der Waals surface area contributed by atoms with Crippen molar-refractivity contribution in [2.45, 2.75) is 72.5 Å². The van der Waals surface area contributed by atoms with Crippen molar-refractivity contribution < 1.29 is 18.0 Å². The SMILES string of the molecule is Cc1cccc(N(CCCC(=O)N(Cc2ccc(Cl)cc2Cl)[C@@H](C)C(=O)NC(C)(C)C)S(C)(=O)=O)c1C. The van der Waals surface area contributed by atoms with Crippen LogP contribution in [0.1, 0.15) is 57.2 Å². The van der Waals surface area contributed by atoms with E-state index in [2.05, 4.69) is 5.32 Å². The Balaban J connectivity index is 2.26. The normalized spacial score (nSPS) is 12.7. The molecule has 0 aliphatic rings. The van der Waals surface area contributed by atoms with E-state index < -0.39 is 21.6 Å². The predicted octanol–water partition coefficient (Wildman–Crippen LogP) is 5.49. The quantitative estimate of drug-likeness (QED) is 0.410. The van der Waals surface area contributed by atoms with Crippen molar-refractivity contribution in [1.82, 2.24) is 10.2 Å². The molecule has 0 aliphatic carbocycles. The standard InChI is InChI=1S/C27H37Cl2N3O4S/c1-18-10-8-11-24(19(18)2)32(37(7,35)36)15-9-12-25(33)31(20(3)26(34)30-27(4,5)6)17-21-13-14-22(28)16-23(21)29/h8,10-11,13-14,16,20H,9,12,15,17H2,1-7H3,(H,30,34)/t20-/m0/s1. The zero-order valence-electron chi connectivity index (χ0n) is 22.6. The molecule has 0 heterocycles. The van der Waals surface area contributed by atoms with Gasteiger partial charge in [-0.3, -0.25) is 13.9 Å². The van der Waals surface area contributed by atoms with E-state index in [0.29, 0.717) is 21.3 Å². The minimum Gasteiger partial charge on any atom is -0.350 e. The lowest BCUT2D eigenvalue weighted by molar-refractivity contribution is -0.141. The lowest BCUT2D eigenvalue weighted by atomic mass is 10.1. The van der Waals surface area contributed by atoms with Crippen LogP contribution in [0.3, 0.4) is 0 Å². The molecule has 204 valence electrons. The Morgan fingerprint density at radius 3 is 2.30 bits per heavy atom. The Hall–Kier alpha value is -2.29. The van der Waals surface area contributed by atoms with Gasteiger partial charge in [0.1, 0.15) is 6.04 Å². The molecule has 0 saturated carbocycles. The summed E-state index contributed by atoms with van der Waals surface area (Å²) in [5.74, 6) is -0.573. The van der Waals surface area contributed by atoms with Crippen LogP contribution >= 0.6 is 23.2 Å². The van der Waals surface area contributed by atoms with Gasteiger partial charge in [-0.2, -0.15) is 0 Å². The molecule has 0 bridgehead atoms. The van der Waals surface area contributed by atoms with Crippen LogP contribution in [-0.2, 0) is 26.2 Å². The molecule has 7 nitrogen and oxygen atoms in total. The fourth-order valence-electron chi connectivity index (χ4n) is 3.88. The van der Waals surface area contributed by atoms with E-state index in [9.17, 15) is 18.0 Å². The molecule has 0 aromatic heterocycles. The van der Waals surface area contributed by atoms with Crippen molar-refractivity contribution in [1.29, 1.82) is 0 Å². The number of sulfonamides is 1. The molecule has 10 heteroatoms. The first-order valence-corrected chi connectivity index (χ1v) is 14.7. The molecule has 0 spiro atoms. The highest BCUT2D eigenvalue weighted by Crippen LogP contribution is 2.26. The number of hydrogen-bond donors (Lipinski definition) is 1. The molecule has 2 aromatic carbocycles. The van der Waals surface area contributed by atoms with E-state index in [1.54, 1.807) is 31.2 Å². The topological polar surface area (TPSA) is 86.8 Å². The van der Waals surface area contributed by atoms with E-state index in [0.717, 1.165) is 17.4 Å². The van der Waals surface area contributed by atoms with Crippen molar-refractivity contribution in [2.75, 3.05) is 17.1 Å². The number of nitrogens with one attached hydrogen (secondary N) is 1. The number of carbonyl (C=O) groups excluding carboxylic acids is 2. The second-order valence-electron chi connectivity index (χ2n) is 10.3. The maximum absolute atomic E-state index is 13.4. The average molecular weight is 571 g/mol. The number of nitrogens with zero attached hydrogens (tertiary/aromatic N) is 2. The number of carbonyl (C=O) groups is 2. The maximum Gasteiger partial charge on any atom is 0.242 e. The molecule has 0 aliphatic heterocycles. The average Bonchev–Trinajstić information content (AvgIpc) is 2.76. The highest BCUT2D eigenvalue weighted by molar-refractivity contribution is 7.92. The summed E-state index contributed by atoms with van der Waals surface area (Å²) >= 11 is 12.4. The Labute approximate surface area is 231 Å². The van der Waals surface area contributed by atoms with E-state index in [1.807, 2.05) is 46.8 Å². The monoisotopic (exact) mass is 569 g/mol. The zero-order valence-corrected chi connectivity index (χ0v) is 24.9. The van der Waals surface area contributed by atoms with Crippen LogP contribution in [0, 0.1) is 13.8 Å². The molecule has 0 fully saturated rings. The van der Waals surface area contributed by atoms with Gasteiger partial charge in [0.05, 0.1) is 11.9 Å². The van der Waals surface area contributed by atoms with E-state index in [-0.39, 0.29) is 37.7 Å². The minimum absolute atomic E-state index is 0.0508. The summed E-state index contributed by atoms with van der Waals surface area (Å²) in [5.41, 5.74) is 2.62. The molecular weight excluding hydrogens is 533 g/mol. The minimum atomic E-state index is -3.57. The highest BCUT2D eigenvalue weighted by Gasteiger charge is 2.29. The largest absolute Gasteiger partial charge is 0.350 e. The Bertz CT molecular complexity index is 1240. The molecule has 0 unspecified atom stereocenters. The summed E-state index contributed by atoms with van der Waals surface area (Å²) in [6.45, 7) is 11.3. The zero-order chi connectivity index (χ0) is 28.1. The second kappa shape index (κ2) is 12.5. The lowest BCUT2D eigenvalue weighted by Crippen LogP contribution is -2.52. The van der Waals surface area contributed by atoms with Crippen LogP contribution in [0.25, 0.3) is 0 Å². The maximum atomic E-state index is 13.4. The summed E-state index contributed by atoms with van der Waals surface area (Å²) in [6.07, 6.45) is 1.48. The van der Waals surface area contributed by atoms with Gasteiger partial charge < -0.3 is 10.2 Å². The smallest absolute Gasteiger partial charge is 0.242 e. The summed E-state index contributed by atoms with van der Waals surface area (Å²) in [7, 11) is -3.57. The first-order valence-electron chi connectivity index (χ1n) is 12.1. The molecule has 2 rings (SSSR count). The lowest BCUT2D eigenvalue weighted by Gasteiger charge is -2.32. The molecule has 0 radical (unpaired) electrons. The van der Waals surface area contributed by atoms with Gasteiger partial charge in [0.25, 0.3) is 0 Å². The Morgan fingerprint density at radius 2 is 1.73 bits per heavy atom. The molecular formula is C27H37Cl2N3O4S. The Kier molecular flexibility index (Phi) is 10.5. The van der Waals surface area contributed by atoms with Crippen LogP contribution in [0.2, 0.25) is 10.0 Å². The summed E-state index contributed by atoms with van der Waals surface area (Å²) < 4.78 is 26.5. The van der Waals surface area contributed by atoms with E-state index in [4.69, 9.17) is 23.2 Å². The van der Waals surface area contributed by atoms with Gasteiger partial charge in [-0.25, -0.2) is 8.42 Å². The van der Waals surface area contributed by atoms with Crippen LogP contribution in [0.15, 0.2) is 36.4 Å². The number of benzene rings is 2. The number of halogens is 2. The van der Waals surface area contributed by atoms with E-state index >= 15 is 0 Å². The van der Waals surface area contributed by atoms with Gasteiger partial charge in [-0.1, -0.05) is 41.4 Å². The van der Waals surface area contributed by atoms with Crippen LogP contribution in [0.4, 0.5) is 5.69 Å². The number of amides is 2. The third kappa shape index (κ3) is 8.90.